The summed E-state index contributed by atoms with van der Waals surface area (Å²) >= 11 is 0. The summed E-state index contributed by atoms with van der Waals surface area (Å²) in [7, 11) is 0. The first-order chi connectivity index (χ1) is 32.9. The van der Waals surface area contributed by atoms with Gasteiger partial charge in [-0.15, -0.1) is 0 Å². The van der Waals surface area contributed by atoms with Gasteiger partial charge in [-0.2, -0.15) is 0 Å². The summed E-state index contributed by atoms with van der Waals surface area (Å²) in [5, 5.41) is 4.57. The molecule has 4 nitrogen and oxygen atoms in total. The van der Waals surface area contributed by atoms with E-state index in [1.165, 1.54) is 17.5 Å². The predicted octanol–water partition coefficient (Wildman–Crippen LogP) is 16.9. The van der Waals surface area contributed by atoms with Crippen LogP contribution in [0.4, 0.5) is 31.5 Å². The van der Waals surface area contributed by atoms with Crippen LogP contribution in [0, 0.1) is 0 Å². The Balaban J connectivity index is 0.948. The molecule has 0 bridgehead atoms. The molecule has 0 radical (unpaired) electrons. The molecule has 324 valence electrons. The molecule has 6 heteroatoms. The van der Waals surface area contributed by atoms with E-state index in [0.29, 0.717) is 12.1 Å². The van der Waals surface area contributed by atoms with E-state index >= 15 is 0 Å². The van der Waals surface area contributed by atoms with Crippen molar-refractivity contribution in [2.45, 2.75) is 19.4 Å². The Morgan fingerprint density at radius 1 is 0.537 bits per heavy atom. The van der Waals surface area contributed by atoms with Crippen LogP contribution in [-0.4, -0.2) is 15.2 Å². The standard InChI is InChI=1S/C61H46F2N4/c1-3-45(62)27-22-42(2)64(52-36-38-60-56(40-52)54-18-10-12-20-58(54)66(60)47-14-6-4-7-15-47)49-30-23-43(24-31-49)44-25-32-50(33-26-44)65(51-34-28-46(63)29-35-51)53-37-39-61-57(41-53)55-19-11-13-21-59(55)67(61)48-16-8-5-9-17-48/h3-34,36-41,51H,2,35H2,1H3/b27-22-,45-3+. The highest BCUT2D eigenvalue weighted by molar-refractivity contribution is 6.11. The van der Waals surface area contributed by atoms with Crippen LogP contribution in [0.15, 0.2) is 255 Å². The minimum absolute atomic E-state index is 0.0897. The first-order valence-corrected chi connectivity index (χ1v) is 22.6. The third-order valence-corrected chi connectivity index (χ3v) is 12.8. The Hall–Kier alpha value is -8.48. The Bertz CT molecular complexity index is 3590. The molecule has 0 spiro atoms. The van der Waals surface area contributed by atoms with Gasteiger partial charge >= 0.3 is 0 Å². The Kier molecular flexibility index (Phi) is 10.8. The van der Waals surface area contributed by atoms with Gasteiger partial charge in [0, 0.05) is 61.4 Å². The first kappa shape index (κ1) is 41.2. The smallest absolute Gasteiger partial charge is 0.119 e. The van der Waals surface area contributed by atoms with Crippen molar-refractivity contribution in [3.63, 3.8) is 0 Å². The van der Waals surface area contributed by atoms with Crippen LogP contribution in [0.2, 0.25) is 0 Å². The monoisotopic (exact) mass is 872 g/mol. The average Bonchev–Trinajstić information content (AvgIpc) is 3.89. The van der Waals surface area contributed by atoms with E-state index in [2.05, 4.69) is 208 Å². The zero-order valence-electron chi connectivity index (χ0n) is 37.0. The van der Waals surface area contributed by atoms with E-state index in [1.54, 1.807) is 25.2 Å². The summed E-state index contributed by atoms with van der Waals surface area (Å²) in [4.78, 5) is 4.38. The average molecular weight is 873 g/mol. The SMILES string of the molecule is C=C(/C=C\C(F)=C/C)N(c1ccc(-c2ccc(N(c3ccc4c(c3)c3ccccc3n4-c3ccccc3)C3C=CC(F)=CC3)cc2)cc1)c1ccc2c(c1)c1ccccc1n2-c1ccccc1. The van der Waals surface area contributed by atoms with Gasteiger partial charge in [-0.05, 0) is 146 Å². The Morgan fingerprint density at radius 2 is 1.01 bits per heavy atom. The van der Waals surface area contributed by atoms with Crippen LogP contribution < -0.4 is 9.80 Å². The van der Waals surface area contributed by atoms with E-state index in [4.69, 9.17) is 0 Å². The zero-order valence-corrected chi connectivity index (χ0v) is 37.0. The van der Waals surface area contributed by atoms with Crippen molar-refractivity contribution in [1.29, 1.82) is 0 Å². The van der Waals surface area contributed by atoms with Gasteiger partial charge < -0.3 is 18.9 Å². The van der Waals surface area contributed by atoms with Crippen molar-refractivity contribution in [3.8, 4) is 22.5 Å². The molecule has 0 saturated heterocycles. The molecule has 1 aliphatic rings. The fourth-order valence-corrected chi connectivity index (χ4v) is 9.67. The summed E-state index contributed by atoms with van der Waals surface area (Å²) in [6.45, 7) is 6.11. The maximum Gasteiger partial charge on any atom is 0.119 e. The molecular formula is C61H46F2N4. The number of rotatable bonds is 11. The molecule has 1 atom stereocenters. The molecule has 0 fully saturated rings. The molecule has 1 aliphatic carbocycles. The quantitative estimate of drug-likeness (QED) is 0.120. The van der Waals surface area contributed by atoms with Crippen molar-refractivity contribution in [3.05, 3.63) is 255 Å². The number of halogens is 2. The minimum atomic E-state index is -0.334. The summed E-state index contributed by atoms with van der Waals surface area (Å²) < 4.78 is 33.5. The largest absolute Gasteiger partial charge is 0.334 e. The fraction of sp³-hybridized carbons (Fsp3) is 0.0492. The lowest BCUT2D eigenvalue weighted by Crippen LogP contribution is -2.30. The van der Waals surface area contributed by atoms with Crippen molar-refractivity contribution in [2.75, 3.05) is 9.80 Å². The van der Waals surface area contributed by atoms with Gasteiger partial charge in [-0.1, -0.05) is 116 Å². The van der Waals surface area contributed by atoms with Crippen molar-refractivity contribution < 1.29 is 8.78 Å². The topological polar surface area (TPSA) is 16.3 Å². The number of nitrogens with zero attached hydrogens (tertiary/aromatic N) is 4. The number of fused-ring (bicyclic) bond motifs is 6. The highest BCUT2D eigenvalue weighted by atomic mass is 19.1. The summed E-state index contributed by atoms with van der Waals surface area (Å²) in [6, 6.07) is 67.9. The molecular weight excluding hydrogens is 827 g/mol. The van der Waals surface area contributed by atoms with E-state index in [1.807, 2.05) is 18.2 Å². The van der Waals surface area contributed by atoms with Crippen LogP contribution >= 0.6 is 0 Å². The van der Waals surface area contributed by atoms with Crippen LogP contribution in [0.1, 0.15) is 13.3 Å². The molecule has 0 saturated carbocycles. The molecule has 2 aromatic heterocycles. The minimum Gasteiger partial charge on any atom is -0.334 e. The molecule has 0 amide bonds. The van der Waals surface area contributed by atoms with Crippen molar-refractivity contribution >= 4 is 66.4 Å². The van der Waals surface area contributed by atoms with Crippen LogP contribution in [0.25, 0.3) is 66.1 Å². The third kappa shape index (κ3) is 7.62. The van der Waals surface area contributed by atoms with Gasteiger partial charge in [-0.3, -0.25) is 0 Å². The lowest BCUT2D eigenvalue weighted by molar-refractivity contribution is 0.638. The molecule has 11 rings (SSSR count). The Morgan fingerprint density at radius 3 is 1.55 bits per heavy atom. The number of para-hydroxylation sites is 4. The Labute approximate surface area is 388 Å². The normalized spacial score (nSPS) is 14.1. The van der Waals surface area contributed by atoms with E-state index in [9.17, 15) is 8.78 Å². The van der Waals surface area contributed by atoms with E-state index in [-0.39, 0.29) is 17.7 Å². The third-order valence-electron chi connectivity index (χ3n) is 12.8. The molecule has 10 aromatic rings. The molecule has 2 heterocycles. The van der Waals surface area contributed by atoms with E-state index in [0.717, 1.165) is 83.5 Å². The number of hydrogen-bond acceptors (Lipinski definition) is 2. The maximum atomic E-state index is 14.5. The van der Waals surface area contributed by atoms with Crippen LogP contribution in [-0.2, 0) is 0 Å². The van der Waals surface area contributed by atoms with Gasteiger partial charge in [0.05, 0.1) is 28.1 Å². The van der Waals surface area contributed by atoms with Gasteiger partial charge in [0.2, 0.25) is 0 Å². The van der Waals surface area contributed by atoms with Gasteiger partial charge in [0.15, 0.2) is 0 Å². The second-order valence-corrected chi connectivity index (χ2v) is 16.8. The highest BCUT2D eigenvalue weighted by Crippen LogP contribution is 2.41. The van der Waals surface area contributed by atoms with Crippen LogP contribution in [0.3, 0.4) is 0 Å². The van der Waals surface area contributed by atoms with Gasteiger partial charge in [-0.25, -0.2) is 8.78 Å². The summed E-state index contributed by atoms with van der Waals surface area (Å²) in [6.07, 6.45) is 10.3. The molecule has 8 aromatic carbocycles. The van der Waals surface area contributed by atoms with Crippen LogP contribution in [0.5, 0.6) is 0 Å². The lowest BCUT2D eigenvalue weighted by atomic mass is 10.0. The number of benzene rings is 8. The van der Waals surface area contributed by atoms with Gasteiger partial charge in [0.25, 0.3) is 0 Å². The van der Waals surface area contributed by atoms with Crippen molar-refractivity contribution in [2.24, 2.45) is 0 Å². The molecule has 67 heavy (non-hydrogen) atoms. The number of aromatic nitrogens is 2. The summed E-state index contributed by atoms with van der Waals surface area (Å²) in [5.74, 6) is -0.546. The maximum absolute atomic E-state index is 14.5. The second-order valence-electron chi connectivity index (χ2n) is 16.8. The number of hydrogen-bond donors (Lipinski definition) is 0. The van der Waals surface area contributed by atoms with Crippen molar-refractivity contribution in [1.82, 2.24) is 9.13 Å². The zero-order chi connectivity index (χ0) is 45.4. The second kappa shape index (κ2) is 17.5. The first-order valence-electron chi connectivity index (χ1n) is 22.6. The molecule has 0 aliphatic heterocycles. The lowest BCUT2D eigenvalue weighted by Gasteiger charge is -2.33. The fourth-order valence-electron chi connectivity index (χ4n) is 9.67. The molecule has 0 N–H and O–H groups in total. The number of allylic oxidation sites excluding steroid dienone is 6. The van der Waals surface area contributed by atoms with E-state index < -0.39 is 0 Å². The summed E-state index contributed by atoms with van der Waals surface area (Å²) in [5.41, 5.74) is 13.2. The van der Waals surface area contributed by atoms with Gasteiger partial charge in [0.1, 0.15) is 11.7 Å². The number of anilines is 4. The highest BCUT2D eigenvalue weighted by Gasteiger charge is 2.23. The molecule has 1 unspecified atom stereocenters. The predicted molar refractivity (Wildman–Crippen MR) is 278 cm³/mol.